The van der Waals surface area contributed by atoms with Gasteiger partial charge in [-0.25, -0.2) is 0 Å². The summed E-state index contributed by atoms with van der Waals surface area (Å²) in [6, 6.07) is 0.414. The average molecular weight is 214 g/mol. The highest BCUT2D eigenvalue weighted by Crippen LogP contribution is 2.20. The van der Waals surface area contributed by atoms with Crippen molar-refractivity contribution in [3.8, 4) is 0 Å². The van der Waals surface area contributed by atoms with Crippen molar-refractivity contribution in [1.82, 2.24) is 10.2 Å². The molecule has 0 bridgehead atoms. The second-order valence-electron chi connectivity index (χ2n) is 4.20. The molecule has 0 aromatic rings. The fourth-order valence-corrected chi connectivity index (χ4v) is 1.45. The van der Waals surface area contributed by atoms with Gasteiger partial charge in [0, 0.05) is 6.04 Å². The minimum absolute atomic E-state index is 0.128. The number of methoxy groups -OCH3 is 1. The highest BCUT2D eigenvalue weighted by molar-refractivity contribution is 5.75. The maximum absolute atomic E-state index is 11.5. The summed E-state index contributed by atoms with van der Waals surface area (Å²) < 4.78 is 4.79. The second-order valence-corrected chi connectivity index (χ2v) is 4.20. The van der Waals surface area contributed by atoms with Gasteiger partial charge in [-0.1, -0.05) is 6.92 Å². The summed E-state index contributed by atoms with van der Waals surface area (Å²) in [7, 11) is 3.51. The van der Waals surface area contributed by atoms with Gasteiger partial charge in [0.2, 0.25) is 0 Å². The molecule has 4 heteroatoms. The van der Waals surface area contributed by atoms with E-state index in [4.69, 9.17) is 4.74 Å². The van der Waals surface area contributed by atoms with Crippen LogP contribution in [0.25, 0.3) is 0 Å². The zero-order valence-electron chi connectivity index (χ0n) is 9.95. The number of hydrogen-bond donors (Lipinski definition) is 1. The molecule has 4 nitrogen and oxygen atoms in total. The molecule has 0 aromatic heterocycles. The lowest BCUT2D eigenvalue weighted by atomic mass is 10.2. The summed E-state index contributed by atoms with van der Waals surface area (Å²) in [6.07, 6.45) is 3.21. The van der Waals surface area contributed by atoms with Crippen LogP contribution >= 0.6 is 0 Å². The van der Waals surface area contributed by atoms with E-state index in [9.17, 15) is 4.79 Å². The number of rotatable bonds is 7. The van der Waals surface area contributed by atoms with Gasteiger partial charge >= 0.3 is 5.97 Å². The smallest absolute Gasteiger partial charge is 0.322 e. The number of carbonyl (C=O) groups excluding carboxylic acids is 1. The molecule has 1 rings (SSSR count). The Hall–Kier alpha value is -0.610. The standard InChI is InChI=1S/C11H22N2O2/c1-4-13(2)8-7-10(11(14)15-3)12-9-5-6-9/h9-10,12H,4-8H2,1-3H3. The normalized spacial score (nSPS) is 17.9. The van der Waals surface area contributed by atoms with E-state index in [-0.39, 0.29) is 12.0 Å². The van der Waals surface area contributed by atoms with Crippen LogP contribution in [0, 0.1) is 0 Å². The number of carbonyl (C=O) groups is 1. The molecule has 1 aliphatic rings. The number of nitrogens with zero attached hydrogens (tertiary/aromatic N) is 1. The van der Waals surface area contributed by atoms with Crippen molar-refractivity contribution in [2.24, 2.45) is 0 Å². The zero-order chi connectivity index (χ0) is 11.3. The average Bonchev–Trinajstić information content (AvgIpc) is 3.06. The zero-order valence-corrected chi connectivity index (χ0v) is 9.95. The number of esters is 1. The lowest BCUT2D eigenvalue weighted by Crippen LogP contribution is -2.41. The van der Waals surface area contributed by atoms with Gasteiger partial charge in [0.25, 0.3) is 0 Å². The highest BCUT2D eigenvalue weighted by atomic mass is 16.5. The van der Waals surface area contributed by atoms with E-state index in [0.29, 0.717) is 6.04 Å². The molecule has 1 atom stereocenters. The van der Waals surface area contributed by atoms with E-state index in [1.165, 1.54) is 20.0 Å². The Morgan fingerprint density at radius 1 is 1.60 bits per heavy atom. The third-order valence-electron chi connectivity index (χ3n) is 2.84. The van der Waals surface area contributed by atoms with Gasteiger partial charge in [0.1, 0.15) is 6.04 Å². The van der Waals surface area contributed by atoms with Crippen LogP contribution in [0.1, 0.15) is 26.2 Å². The minimum Gasteiger partial charge on any atom is -0.468 e. The van der Waals surface area contributed by atoms with E-state index in [2.05, 4.69) is 24.2 Å². The maximum atomic E-state index is 11.5. The second kappa shape index (κ2) is 6.08. The topological polar surface area (TPSA) is 41.6 Å². The Balaban J connectivity index is 2.30. The first-order valence-corrected chi connectivity index (χ1v) is 5.69. The summed E-state index contributed by atoms with van der Waals surface area (Å²) >= 11 is 0. The van der Waals surface area contributed by atoms with Crippen LogP contribution < -0.4 is 5.32 Å². The number of nitrogens with one attached hydrogen (secondary N) is 1. The van der Waals surface area contributed by atoms with Crippen molar-refractivity contribution >= 4 is 5.97 Å². The van der Waals surface area contributed by atoms with Crippen LogP contribution in [-0.4, -0.2) is 50.2 Å². The van der Waals surface area contributed by atoms with Crippen LogP contribution in [-0.2, 0) is 9.53 Å². The van der Waals surface area contributed by atoms with E-state index >= 15 is 0 Å². The maximum Gasteiger partial charge on any atom is 0.322 e. The van der Waals surface area contributed by atoms with Crippen LogP contribution in [0.15, 0.2) is 0 Å². The number of hydrogen-bond acceptors (Lipinski definition) is 4. The van der Waals surface area contributed by atoms with E-state index in [1.807, 2.05) is 0 Å². The highest BCUT2D eigenvalue weighted by Gasteiger charge is 2.28. The summed E-state index contributed by atoms with van der Waals surface area (Å²) in [6.45, 7) is 4.05. The predicted octanol–water partition coefficient (Wildman–Crippen LogP) is 0.622. The molecule has 88 valence electrons. The Morgan fingerprint density at radius 2 is 2.27 bits per heavy atom. The van der Waals surface area contributed by atoms with Crippen molar-refractivity contribution in [2.45, 2.75) is 38.3 Å². The van der Waals surface area contributed by atoms with E-state index < -0.39 is 0 Å². The van der Waals surface area contributed by atoms with Gasteiger partial charge in [0.15, 0.2) is 0 Å². The monoisotopic (exact) mass is 214 g/mol. The van der Waals surface area contributed by atoms with Crippen molar-refractivity contribution in [3.05, 3.63) is 0 Å². The Bertz CT molecular complexity index is 205. The summed E-state index contributed by atoms with van der Waals surface area (Å²) in [5, 5.41) is 3.32. The molecule has 1 saturated carbocycles. The molecular weight excluding hydrogens is 192 g/mol. The molecule has 0 aliphatic heterocycles. The van der Waals surface area contributed by atoms with Crippen molar-refractivity contribution in [3.63, 3.8) is 0 Å². The Kier molecular flexibility index (Phi) is 5.05. The van der Waals surface area contributed by atoms with Crippen LogP contribution in [0.4, 0.5) is 0 Å². The fraction of sp³-hybridized carbons (Fsp3) is 0.909. The summed E-state index contributed by atoms with van der Waals surface area (Å²) in [4.78, 5) is 13.7. The van der Waals surface area contributed by atoms with Crippen molar-refractivity contribution < 1.29 is 9.53 Å². The van der Waals surface area contributed by atoms with Crippen molar-refractivity contribution in [2.75, 3.05) is 27.2 Å². The SMILES string of the molecule is CCN(C)CCC(NC1CC1)C(=O)OC. The molecule has 0 amide bonds. The fourth-order valence-electron chi connectivity index (χ4n) is 1.45. The first-order chi connectivity index (χ1) is 7.17. The third kappa shape index (κ3) is 4.62. The van der Waals surface area contributed by atoms with E-state index in [1.54, 1.807) is 0 Å². The summed E-state index contributed by atoms with van der Waals surface area (Å²) in [5.41, 5.74) is 0. The van der Waals surface area contributed by atoms with Gasteiger partial charge in [0.05, 0.1) is 7.11 Å². The molecule has 0 radical (unpaired) electrons. The molecule has 15 heavy (non-hydrogen) atoms. The van der Waals surface area contributed by atoms with Crippen molar-refractivity contribution in [1.29, 1.82) is 0 Å². The van der Waals surface area contributed by atoms with Gasteiger partial charge in [-0.05, 0) is 39.4 Å². The molecule has 1 fully saturated rings. The lowest BCUT2D eigenvalue weighted by Gasteiger charge is -2.19. The first-order valence-electron chi connectivity index (χ1n) is 5.69. The Morgan fingerprint density at radius 3 is 2.73 bits per heavy atom. The molecular formula is C11H22N2O2. The lowest BCUT2D eigenvalue weighted by molar-refractivity contribution is -0.143. The van der Waals surface area contributed by atoms with Crippen LogP contribution in [0.5, 0.6) is 0 Å². The molecule has 0 saturated heterocycles. The van der Waals surface area contributed by atoms with Crippen LogP contribution in [0.3, 0.4) is 0 Å². The van der Waals surface area contributed by atoms with Gasteiger partial charge in [-0.15, -0.1) is 0 Å². The first kappa shape index (κ1) is 12.5. The molecule has 1 N–H and O–H groups in total. The van der Waals surface area contributed by atoms with Gasteiger partial charge < -0.3 is 15.0 Å². The molecule has 1 aliphatic carbocycles. The van der Waals surface area contributed by atoms with Gasteiger partial charge in [-0.2, -0.15) is 0 Å². The quantitative estimate of drug-likeness (QED) is 0.631. The molecule has 1 unspecified atom stereocenters. The van der Waals surface area contributed by atoms with Crippen LogP contribution in [0.2, 0.25) is 0 Å². The third-order valence-corrected chi connectivity index (χ3v) is 2.84. The minimum atomic E-state index is -0.133. The van der Waals surface area contributed by atoms with Gasteiger partial charge in [-0.3, -0.25) is 4.79 Å². The Labute approximate surface area is 92.0 Å². The number of ether oxygens (including phenoxy) is 1. The molecule has 0 spiro atoms. The largest absolute Gasteiger partial charge is 0.468 e. The molecule has 0 heterocycles. The predicted molar refractivity (Wildman–Crippen MR) is 59.7 cm³/mol. The van der Waals surface area contributed by atoms with E-state index in [0.717, 1.165) is 19.5 Å². The summed E-state index contributed by atoms with van der Waals surface area (Å²) in [5.74, 6) is -0.133. The molecule has 0 aromatic carbocycles.